The highest BCUT2D eigenvalue weighted by atomic mass is 79.9. The summed E-state index contributed by atoms with van der Waals surface area (Å²) in [4.78, 5) is 31.1. The van der Waals surface area contributed by atoms with E-state index in [-0.39, 0.29) is 11.3 Å². The molecule has 1 aromatic carbocycles. The number of benzene rings is 1. The Kier molecular flexibility index (Phi) is 6.26. The highest BCUT2D eigenvalue weighted by molar-refractivity contribution is 9.10. The smallest absolute Gasteiger partial charge is 0.295 e. The summed E-state index contributed by atoms with van der Waals surface area (Å²) in [6, 6.07) is 8.14. The van der Waals surface area contributed by atoms with Gasteiger partial charge in [0.1, 0.15) is 5.76 Å². The maximum Gasteiger partial charge on any atom is 0.295 e. The second-order valence-electron chi connectivity index (χ2n) is 6.58. The molecular weight excluding hydrogens is 424 g/mol. The van der Waals surface area contributed by atoms with Crippen molar-refractivity contribution in [1.29, 1.82) is 0 Å². The number of hydrogen-bond acceptors (Lipinski definition) is 5. The van der Waals surface area contributed by atoms with Gasteiger partial charge in [0, 0.05) is 42.7 Å². The number of hydrogen-bond donors (Lipinski definition) is 1. The average Bonchev–Trinajstić information content (AvgIpc) is 2.95. The van der Waals surface area contributed by atoms with Gasteiger partial charge in [-0.25, -0.2) is 0 Å². The van der Waals surface area contributed by atoms with E-state index < -0.39 is 17.7 Å². The van der Waals surface area contributed by atoms with E-state index in [9.17, 15) is 14.7 Å². The van der Waals surface area contributed by atoms with Gasteiger partial charge < -0.3 is 14.7 Å². The van der Waals surface area contributed by atoms with Gasteiger partial charge in [0.05, 0.1) is 11.6 Å². The zero-order valence-electron chi connectivity index (χ0n) is 15.7. The number of nitrogens with zero attached hydrogens (tertiary/aromatic N) is 2. The van der Waals surface area contributed by atoms with Crippen molar-refractivity contribution < 1.29 is 19.4 Å². The number of methoxy groups -OCH3 is 1. The van der Waals surface area contributed by atoms with Crippen molar-refractivity contribution in [3.05, 3.63) is 69.5 Å². The van der Waals surface area contributed by atoms with Crippen LogP contribution in [-0.4, -0.2) is 46.9 Å². The minimum atomic E-state index is -0.683. The number of pyridine rings is 1. The van der Waals surface area contributed by atoms with Gasteiger partial charge in [-0.2, -0.15) is 0 Å². The Morgan fingerprint density at radius 3 is 2.61 bits per heavy atom. The second kappa shape index (κ2) is 8.67. The number of likely N-dealkylation sites (tertiary alicyclic amines) is 1. The molecule has 1 aliphatic rings. The number of aromatic nitrogens is 1. The van der Waals surface area contributed by atoms with Crippen LogP contribution in [0.5, 0.6) is 0 Å². The third kappa shape index (κ3) is 3.86. The van der Waals surface area contributed by atoms with Gasteiger partial charge in [-0.15, -0.1) is 0 Å². The number of amides is 1. The first kappa shape index (κ1) is 20.2. The largest absolute Gasteiger partial charge is 0.507 e. The maximum atomic E-state index is 12.8. The molecule has 6 nitrogen and oxygen atoms in total. The van der Waals surface area contributed by atoms with E-state index in [1.165, 1.54) is 4.90 Å². The van der Waals surface area contributed by atoms with Crippen LogP contribution in [0.4, 0.5) is 0 Å². The number of ether oxygens (including phenoxy) is 1. The lowest BCUT2D eigenvalue weighted by molar-refractivity contribution is -0.140. The third-order valence-corrected chi connectivity index (χ3v) is 5.63. The molecule has 1 aromatic heterocycles. The first-order chi connectivity index (χ1) is 13.5. The Bertz CT molecular complexity index is 927. The minimum Gasteiger partial charge on any atom is -0.507 e. The predicted octanol–water partition coefficient (Wildman–Crippen LogP) is 3.61. The first-order valence-corrected chi connectivity index (χ1v) is 9.68. The summed E-state index contributed by atoms with van der Waals surface area (Å²) in [6.45, 7) is 2.71. The Hall–Kier alpha value is -2.51. The fourth-order valence-corrected chi connectivity index (χ4v) is 3.58. The Morgan fingerprint density at radius 1 is 1.25 bits per heavy atom. The van der Waals surface area contributed by atoms with Crippen LogP contribution in [-0.2, 0) is 14.3 Å². The van der Waals surface area contributed by atoms with Crippen molar-refractivity contribution in [3.8, 4) is 0 Å². The van der Waals surface area contributed by atoms with E-state index >= 15 is 0 Å². The van der Waals surface area contributed by atoms with E-state index in [0.29, 0.717) is 25.1 Å². The summed E-state index contributed by atoms with van der Waals surface area (Å²) < 4.78 is 5.97. The SMILES string of the molecule is COCCCN1C(=O)C(=O)/C(=C(\O)c2ccc(Br)c(C)c2)C1c1ccncc1. The van der Waals surface area contributed by atoms with Crippen molar-refractivity contribution in [2.24, 2.45) is 0 Å². The molecule has 1 atom stereocenters. The normalized spacial score (nSPS) is 18.7. The highest BCUT2D eigenvalue weighted by Gasteiger charge is 2.45. The molecule has 1 N–H and O–H groups in total. The average molecular weight is 445 g/mol. The summed E-state index contributed by atoms with van der Waals surface area (Å²) in [5.74, 6) is -1.48. The topological polar surface area (TPSA) is 79.7 Å². The lowest BCUT2D eigenvalue weighted by atomic mass is 9.95. The molecule has 1 amide bonds. The monoisotopic (exact) mass is 444 g/mol. The number of carbonyl (C=O) groups is 2. The van der Waals surface area contributed by atoms with Crippen LogP contribution in [0.2, 0.25) is 0 Å². The lowest BCUT2D eigenvalue weighted by Crippen LogP contribution is -2.31. The summed E-state index contributed by atoms with van der Waals surface area (Å²) in [7, 11) is 1.59. The summed E-state index contributed by atoms with van der Waals surface area (Å²) in [5.41, 5.74) is 2.23. The number of halogens is 1. The van der Waals surface area contributed by atoms with Crippen molar-refractivity contribution in [3.63, 3.8) is 0 Å². The molecule has 1 saturated heterocycles. The van der Waals surface area contributed by atoms with Crippen LogP contribution in [0, 0.1) is 6.92 Å². The van der Waals surface area contributed by atoms with Crippen molar-refractivity contribution in [2.45, 2.75) is 19.4 Å². The Labute approximate surface area is 172 Å². The van der Waals surface area contributed by atoms with Gasteiger partial charge in [-0.1, -0.05) is 22.0 Å². The molecule has 2 aromatic rings. The molecule has 0 radical (unpaired) electrons. The van der Waals surface area contributed by atoms with E-state index in [0.717, 1.165) is 15.6 Å². The van der Waals surface area contributed by atoms with Crippen molar-refractivity contribution in [2.75, 3.05) is 20.3 Å². The fraction of sp³-hybridized carbons (Fsp3) is 0.286. The molecule has 0 bridgehead atoms. The van der Waals surface area contributed by atoms with Gasteiger partial charge in [-0.3, -0.25) is 14.6 Å². The molecule has 28 heavy (non-hydrogen) atoms. The van der Waals surface area contributed by atoms with Gasteiger partial charge >= 0.3 is 0 Å². The molecular formula is C21H21BrN2O4. The molecule has 0 spiro atoms. The van der Waals surface area contributed by atoms with Crippen LogP contribution >= 0.6 is 15.9 Å². The van der Waals surface area contributed by atoms with E-state index in [1.54, 1.807) is 49.8 Å². The van der Waals surface area contributed by atoms with Gasteiger partial charge in [0.15, 0.2) is 0 Å². The van der Waals surface area contributed by atoms with Gasteiger partial charge in [0.2, 0.25) is 0 Å². The minimum absolute atomic E-state index is 0.0929. The van der Waals surface area contributed by atoms with E-state index in [1.807, 2.05) is 6.92 Å². The first-order valence-electron chi connectivity index (χ1n) is 8.89. The van der Waals surface area contributed by atoms with Crippen molar-refractivity contribution >= 4 is 33.4 Å². The number of ketones is 1. The van der Waals surface area contributed by atoms with Crippen molar-refractivity contribution in [1.82, 2.24) is 9.88 Å². The second-order valence-corrected chi connectivity index (χ2v) is 7.44. The molecule has 2 heterocycles. The quantitative estimate of drug-likeness (QED) is 0.318. The third-order valence-electron chi connectivity index (χ3n) is 4.74. The molecule has 0 saturated carbocycles. The van der Waals surface area contributed by atoms with Crippen LogP contribution in [0.3, 0.4) is 0 Å². The number of aliphatic hydroxyl groups excluding tert-OH is 1. The molecule has 3 rings (SSSR count). The molecule has 0 aliphatic carbocycles. The fourth-order valence-electron chi connectivity index (χ4n) is 3.33. The number of aliphatic hydroxyl groups is 1. The molecule has 1 fully saturated rings. The van der Waals surface area contributed by atoms with Gasteiger partial charge in [-0.05, 0) is 48.7 Å². The van der Waals surface area contributed by atoms with E-state index in [4.69, 9.17) is 4.74 Å². The Morgan fingerprint density at radius 2 is 1.96 bits per heavy atom. The number of aryl methyl sites for hydroxylation is 1. The number of rotatable bonds is 6. The van der Waals surface area contributed by atoms with E-state index in [2.05, 4.69) is 20.9 Å². The zero-order chi connectivity index (χ0) is 20.3. The zero-order valence-corrected chi connectivity index (χ0v) is 17.3. The van der Waals surface area contributed by atoms with Crippen LogP contribution < -0.4 is 0 Å². The Balaban J connectivity index is 2.12. The van der Waals surface area contributed by atoms with Crippen LogP contribution in [0.15, 0.2) is 52.8 Å². The number of Topliss-reactive ketones (excluding diaryl/α,β-unsaturated/α-hetero) is 1. The molecule has 1 unspecified atom stereocenters. The number of carbonyl (C=O) groups excluding carboxylic acids is 2. The summed E-state index contributed by atoms with van der Waals surface area (Å²) >= 11 is 3.43. The molecule has 7 heteroatoms. The molecule has 1 aliphatic heterocycles. The predicted molar refractivity (Wildman–Crippen MR) is 109 cm³/mol. The van der Waals surface area contributed by atoms with Crippen LogP contribution in [0.1, 0.15) is 29.2 Å². The summed E-state index contributed by atoms with van der Waals surface area (Å²) in [5, 5.41) is 11.0. The highest BCUT2D eigenvalue weighted by Crippen LogP contribution is 2.39. The maximum absolute atomic E-state index is 12.8. The summed E-state index contributed by atoms with van der Waals surface area (Å²) in [6.07, 6.45) is 3.80. The van der Waals surface area contributed by atoms with Crippen LogP contribution in [0.25, 0.3) is 5.76 Å². The molecule has 146 valence electrons. The lowest BCUT2D eigenvalue weighted by Gasteiger charge is -2.25. The van der Waals surface area contributed by atoms with Gasteiger partial charge in [0.25, 0.3) is 11.7 Å². The standard InChI is InChI=1S/C21H21BrN2O4/c1-13-12-15(4-5-16(13)22)19(25)17-18(14-6-8-23-9-7-14)24(10-3-11-28-2)21(27)20(17)26/h4-9,12,18,25H,3,10-11H2,1-2H3/b19-17-.